The molecule has 0 aliphatic carbocycles. The molecule has 8 nitrogen and oxygen atoms in total. The molecule has 0 spiro atoms. The predicted octanol–water partition coefficient (Wildman–Crippen LogP) is 1.69. The Kier molecular flexibility index (Phi) is 5.93. The molecule has 1 aliphatic heterocycles. The van der Waals surface area contributed by atoms with Gasteiger partial charge in [0.2, 0.25) is 11.9 Å². The van der Waals surface area contributed by atoms with E-state index in [1.807, 2.05) is 4.90 Å². The lowest BCUT2D eigenvalue weighted by Crippen LogP contribution is -2.49. The van der Waals surface area contributed by atoms with Crippen LogP contribution < -0.4 is 10.2 Å². The molecule has 1 amide bonds. The summed E-state index contributed by atoms with van der Waals surface area (Å²) in [5.74, 6) is 1.76. The third kappa shape index (κ3) is 4.65. The first-order valence-corrected chi connectivity index (χ1v) is 9.01. The van der Waals surface area contributed by atoms with Gasteiger partial charge in [0.1, 0.15) is 5.69 Å². The highest BCUT2D eigenvalue weighted by atomic mass is 16.2. The highest BCUT2D eigenvalue weighted by molar-refractivity contribution is 5.92. The second kappa shape index (κ2) is 8.55. The lowest BCUT2D eigenvalue weighted by atomic mass is 10.1. The fourth-order valence-corrected chi connectivity index (χ4v) is 2.76. The van der Waals surface area contributed by atoms with Crippen molar-refractivity contribution in [3.63, 3.8) is 0 Å². The van der Waals surface area contributed by atoms with Crippen molar-refractivity contribution in [3.05, 3.63) is 36.4 Å². The van der Waals surface area contributed by atoms with Gasteiger partial charge in [0.15, 0.2) is 0 Å². The minimum Gasteiger partial charge on any atom is -0.354 e. The maximum Gasteiger partial charge on any atom is 0.272 e. The van der Waals surface area contributed by atoms with Gasteiger partial charge < -0.3 is 15.1 Å². The summed E-state index contributed by atoms with van der Waals surface area (Å²) in [5, 5.41) is 3.19. The van der Waals surface area contributed by atoms with Crippen LogP contribution in [0, 0.1) is 5.92 Å². The summed E-state index contributed by atoms with van der Waals surface area (Å²) < 4.78 is 0. The number of nitrogens with zero attached hydrogens (tertiary/aromatic N) is 6. The van der Waals surface area contributed by atoms with E-state index in [0.29, 0.717) is 49.7 Å². The van der Waals surface area contributed by atoms with Crippen LogP contribution >= 0.6 is 0 Å². The second-order valence-corrected chi connectivity index (χ2v) is 6.70. The van der Waals surface area contributed by atoms with Crippen molar-refractivity contribution >= 4 is 17.8 Å². The number of anilines is 2. The average Bonchev–Trinajstić information content (AvgIpc) is 2.68. The van der Waals surface area contributed by atoms with Crippen LogP contribution in [-0.4, -0.2) is 63.5 Å². The Bertz CT molecular complexity index is 714. The van der Waals surface area contributed by atoms with E-state index in [-0.39, 0.29) is 5.91 Å². The van der Waals surface area contributed by atoms with E-state index < -0.39 is 0 Å². The van der Waals surface area contributed by atoms with Crippen molar-refractivity contribution in [1.29, 1.82) is 0 Å². The molecule has 2 aromatic rings. The lowest BCUT2D eigenvalue weighted by Gasteiger charge is -2.34. The first-order valence-electron chi connectivity index (χ1n) is 9.01. The van der Waals surface area contributed by atoms with Gasteiger partial charge in [-0.05, 0) is 24.5 Å². The van der Waals surface area contributed by atoms with Crippen LogP contribution in [0.25, 0.3) is 0 Å². The van der Waals surface area contributed by atoms with E-state index in [2.05, 4.69) is 44.0 Å². The van der Waals surface area contributed by atoms with Crippen molar-refractivity contribution in [1.82, 2.24) is 24.8 Å². The standard InChI is InChI=1S/C18H25N7O/c1-14(2)4-8-19-17-20-9-5-15(23-17)16(26)24-10-12-25(13-11-24)18-21-6-3-7-22-18/h3,5-7,9,14H,4,8,10-13H2,1-2H3,(H,19,20,23). The fraction of sp³-hybridized carbons (Fsp3) is 0.500. The molecule has 0 aromatic carbocycles. The van der Waals surface area contributed by atoms with E-state index in [1.165, 1.54) is 0 Å². The zero-order chi connectivity index (χ0) is 18.4. The third-order valence-electron chi connectivity index (χ3n) is 4.28. The summed E-state index contributed by atoms with van der Waals surface area (Å²) in [6.45, 7) is 7.80. The monoisotopic (exact) mass is 355 g/mol. The third-order valence-corrected chi connectivity index (χ3v) is 4.28. The molecule has 0 saturated carbocycles. The number of amides is 1. The van der Waals surface area contributed by atoms with Crippen molar-refractivity contribution in [2.24, 2.45) is 5.92 Å². The van der Waals surface area contributed by atoms with Crippen LogP contribution in [0.4, 0.5) is 11.9 Å². The zero-order valence-electron chi connectivity index (χ0n) is 15.3. The van der Waals surface area contributed by atoms with Gasteiger partial charge in [0.05, 0.1) is 0 Å². The predicted molar refractivity (Wildman–Crippen MR) is 100 cm³/mol. The Balaban J connectivity index is 1.56. The van der Waals surface area contributed by atoms with Gasteiger partial charge >= 0.3 is 0 Å². The molecule has 0 bridgehead atoms. The van der Waals surface area contributed by atoms with Crippen LogP contribution in [0.1, 0.15) is 30.8 Å². The number of carbonyl (C=O) groups is 1. The van der Waals surface area contributed by atoms with Gasteiger partial charge in [-0.2, -0.15) is 0 Å². The zero-order valence-corrected chi connectivity index (χ0v) is 15.3. The summed E-state index contributed by atoms with van der Waals surface area (Å²) in [6.07, 6.45) is 6.13. The number of hydrogen-bond donors (Lipinski definition) is 1. The molecule has 3 rings (SSSR count). The van der Waals surface area contributed by atoms with E-state index in [1.54, 1.807) is 30.7 Å². The summed E-state index contributed by atoms with van der Waals surface area (Å²) in [5.41, 5.74) is 0.427. The first-order chi connectivity index (χ1) is 12.6. The normalized spacial score (nSPS) is 14.6. The Morgan fingerprint density at radius 3 is 2.54 bits per heavy atom. The lowest BCUT2D eigenvalue weighted by molar-refractivity contribution is 0.0740. The molecular weight excluding hydrogens is 330 g/mol. The van der Waals surface area contributed by atoms with Crippen LogP contribution in [-0.2, 0) is 0 Å². The minimum absolute atomic E-state index is 0.0621. The topological polar surface area (TPSA) is 87.1 Å². The minimum atomic E-state index is -0.0621. The Morgan fingerprint density at radius 2 is 1.85 bits per heavy atom. The van der Waals surface area contributed by atoms with Crippen LogP contribution in [0.2, 0.25) is 0 Å². The Labute approximate surface area is 153 Å². The van der Waals surface area contributed by atoms with Crippen LogP contribution in [0.5, 0.6) is 0 Å². The number of rotatable bonds is 6. The molecular formula is C18H25N7O. The molecule has 0 atom stereocenters. The number of hydrogen-bond acceptors (Lipinski definition) is 7. The average molecular weight is 355 g/mol. The smallest absolute Gasteiger partial charge is 0.272 e. The molecule has 2 aromatic heterocycles. The van der Waals surface area contributed by atoms with Gasteiger partial charge in [0, 0.05) is 51.3 Å². The molecule has 1 N–H and O–H groups in total. The SMILES string of the molecule is CC(C)CCNc1nccc(C(=O)N2CCN(c3ncccn3)CC2)n1. The molecule has 1 saturated heterocycles. The quantitative estimate of drug-likeness (QED) is 0.843. The molecule has 8 heteroatoms. The van der Waals surface area contributed by atoms with Crippen molar-refractivity contribution in [2.75, 3.05) is 42.9 Å². The van der Waals surface area contributed by atoms with Crippen LogP contribution in [0.15, 0.2) is 30.7 Å². The van der Waals surface area contributed by atoms with Gasteiger partial charge in [-0.1, -0.05) is 13.8 Å². The number of aromatic nitrogens is 4. The van der Waals surface area contributed by atoms with E-state index in [4.69, 9.17) is 0 Å². The largest absolute Gasteiger partial charge is 0.354 e. The molecule has 26 heavy (non-hydrogen) atoms. The number of carbonyl (C=O) groups excluding carboxylic acids is 1. The van der Waals surface area contributed by atoms with Crippen molar-refractivity contribution < 1.29 is 4.79 Å². The van der Waals surface area contributed by atoms with Gasteiger partial charge in [-0.15, -0.1) is 0 Å². The highest BCUT2D eigenvalue weighted by Gasteiger charge is 2.24. The molecule has 0 radical (unpaired) electrons. The molecule has 138 valence electrons. The fourth-order valence-electron chi connectivity index (χ4n) is 2.76. The summed E-state index contributed by atoms with van der Waals surface area (Å²) in [7, 11) is 0. The van der Waals surface area contributed by atoms with E-state index >= 15 is 0 Å². The molecule has 3 heterocycles. The number of piperazine rings is 1. The Hall–Kier alpha value is -2.77. The maximum absolute atomic E-state index is 12.7. The highest BCUT2D eigenvalue weighted by Crippen LogP contribution is 2.12. The maximum atomic E-state index is 12.7. The van der Waals surface area contributed by atoms with Gasteiger partial charge in [-0.3, -0.25) is 4.79 Å². The number of nitrogens with one attached hydrogen (secondary N) is 1. The summed E-state index contributed by atoms with van der Waals surface area (Å²) in [6, 6.07) is 3.47. The van der Waals surface area contributed by atoms with Crippen molar-refractivity contribution in [2.45, 2.75) is 20.3 Å². The van der Waals surface area contributed by atoms with Gasteiger partial charge in [-0.25, -0.2) is 19.9 Å². The first kappa shape index (κ1) is 18.0. The molecule has 1 aliphatic rings. The van der Waals surface area contributed by atoms with Crippen LogP contribution in [0.3, 0.4) is 0 Å². The van der Waals surface area contributed by atoms with E-state index in [0.717, 1.165) is 13.0 Å². The van der Waals surface area contributed by atoms with Crippen molar-refractivity contribution in [3.8, 4) is 0 Å². The van der Waals surface area contributed by atoms with E-state index in [9.17, 15) is 4.79 Å². The molecule has 1 fully saturated rings. The summed E-state index contributed by atoms with van der Waals surface area (Å²) >= 11 is 0. The summed E-state index contributed by atoms with van der Waals surface area (Å²) in [4.78, 5) is 33.7. The molecule has 0 unspecified atom stereocenters. The second-order valence-electron chi connectivity index (χ2n) is 6.70. The van der Waals surface area contributed by atoms with Gasteiger partial charge in [0.25, 0.3) is 5.91 Å². The Morgan fingerprint density at radius 1 is 1.12 bits per heavy atom.